The van der Waals surface area contributed by atoms with Gasteiger partial charge in [-0.2, -0.15) is 0 Å². The average Bonchev–Trinajstić information content (AvgIpc) is 3.18. The number of ether oxygens (including phenoxy) is 1. The number of benzene rings is 2. The first-order valence-corrected chi connectivity index (χ1v) is 12.5. The van der Waals surface area contributed by atoms with Gasteiger partial charge in [0, 0.05) is 12.0 Å². The number of rotatable bonds is 12. The molecule has 0 aliphatic heterocycles. The van der Waals surface area contributed by atoms with Crippen molar-refractivity contribution in [1.29, 1.82) is 0 Å². The predicted molar refractivity (Wildman–Crippen MR) is 135 cm³/mol. The Balaban J connectivity index is 1.69. The molecule has 35 heavy (non-hydrogen) atoms. The van der Waals surface area contributed by atoms with E-state index in [0.717, 1.165) is 35.1 Å². The molecule has 1 atom stereocenters. The number of fused-ring (bicyclic) bond motifs is 3. The van der Waals surface area contributed by atoms with Crippen molar-refractivity contribution in [2.24, 2.45) is 0 Å². The van der Waals surface area contributed by atoms with Gasteiger partial charge in [-0.1, -0.05) is 82.1 Å². The molecule has 3 N–H and O–H groups in total. The Morgan fingerprint density at radius 3 is 2.06 bits per heavy atom. The average molecular weight is 481 g/mol. The van der Waals surface area contributed by atoms with Crippen molar-refractivity contribution >= 4 is 18.0 Å². The SMILES string of the molecule is CCCC[C@H](CC(=O)O)NC(=O)C(CC)(CC)NC(=O)OCC1c2ccccc2-c2ccccc21. The third kappa shape index (κ3) is 6.02. The van der Waals surface area contributed by atoms with Crippen LogP contribution in [0.5, 0.6) is 0 Å². The molecule has 0 spiro atoms. The van der Waals surface area contributed by atoms with Crippen LogP contribution in [0, 0.1) is 0 Å². The molecule has 0 unspecified atom stereocenters. The molecule has 2 amide bonds. The molecule has 2 aromatic carbocycles. The van der Waals surface area contributed by atoms with Crippen molar-refractivity contribution in [2.75, 3.05) is 6.61 Å². The summed E-state index contributed by atoms with van der Waals surface area (Å²) in [6.07, 6.45) is 2.18. The van der Waals surface area contributed by atoms with Crippen LogP contribution in [0.15, 0.2) is 48.5 Å². The lowest BCUT2D eigenvalue weighted by atomic mass is 9.91. The molecule has 7 heteroatoms. The van der Waals surface area contributed by atoms with E-state index in [1.165, 1.54) is 0 Å². The van der Waals surface area contributed by atoms with E-state index >= 15 is 0 Å². The normalized spacial score (nSPS) is 13.5. The fourth-order valence-electron chi connectivity index (χ4n) is 4.84. The number of hydrogen-bond donors (Lipinski definition) is 3. The molecule has 188 valence electrons. The zero-order chi connectivity index (χ0) is 25.4. The lowest BCUT2D eigenvalue weighted by molar-refractivity contribution is -0.138. The van der Waals surface area contributed by atoms with Crippen LogP contribution in [0.1, 0.15) is 76.3 Å². The number of carboxylic acid groups (broad SMARTS) is 1. The number of nitrogens with one attached hydrogen (secondary N) is 2. The van der Waals surface area contributed by atoms with Crippen LogP contribution in [0.3, 0.4) is 0 Å². The van der Waals surface area contributed by atoms with E-state index in [2.05, 4.69) is 34.9 Å². The Morgan fingerprint density at radius 1 is 0.971 bits per heavy atom. The summed E-state index contributed by atoms with van der Waals surface area (Å²) in [4.78, 5) is 37.4. The fraction of sp³-hybridized carbons (Fsp3) is 0.464. The smallest absolute Gasteiger partial charge is 0.408 e. The van der Waals surface area contributed by atoms with Crippen LogP contribution in [0.25, 0.3) is 11.1 Å². The molecule has 0 fully saturated rings. The first kappa shape index (κ1) is 26.3. The third-order valence-electron chi connectivity index (χ3n) is 6.99. The maximum absolute atomic E-state index is 13.2. The number of carboxylic acids is 1. The number of carbonyl (C=O) groups is 3. The van der Waals surface area contributed by atoms with Gasteiger partial charge in [0.1, 0.15) is 12.1 Å². The Kier molecular flexibility index (Phi) is 8.90. The summed E-state index contributed by atoms with van der Waals surface area (Å²) in [5, 5.41) is 14.9. The van der Waals surface area contributed by atoms with Crippen LogP contribution in [-0.4, -0.2) is 41.3 Å². The maximum atomic E-state index is 13.2. The molecule has 2 aromatic rings. The molecule has 1 aliphatic rings. The summed E-state index contributed by atoms with van der Waals surface area (Å²) in [5.74, 6) is -1.42. The topological polar surface area (TPSA) is 105 Å². The third-order valence-corrected chi connectivity index (χ3v) is 6.99. The number of amides is 2. The van der Waals surface area contributed by atoms with E-state index in [-0.39, 0.29) is 24.9 Å². The van der Waals surface area contributed by atoms with Gasteiger partial charge in [0.15, 0.2) is 0 Å². The fourth-order valence-corrected chi connectivity index (χ4v) is 4.84. The molecule has 3 rings (SSSR count). The van der Waals surface area contributed by atoms with E-state index < -0.39 is 23.6 Å². The number of aliphatic carboxylic acids is 1. The van der Waals surface area contributed by atoms with Crippen LogP contribution in [0.2, 0.25) is 0 Å². The molecule has 7 nitrogen and oxygen atoms in total. The van der Waals surface area contributed by atoms with Crippen LogP contribution in [0.4, 0.5) is 4.79 Å². The number of hydrogen-bond acceptors (Lipinski definition) is 4. The standard InChI is InChI=1S/C28H36N2O5/c1-4-7-12-19(17-25(31)32)29-26(33)28(5-2,6-3)30-27(34)35-18-24-22-15-10-8-13-20(22)21-14-9-11-16-23(21)24/h8-11,13-16,19,24H,4-7,12,17-18H2,1-3H3,(H,29,33)(H,30,34)(H,31,32)/t19-/m1/s1. The zero-order valence-electron chi connectivity index (χ0n) is 20.8. The second-order valence-electron chi connectivity index (χ2n) is 9.15. The zero-order valence-corrected chi connectivity index (χ0v) is 20.8. The molecule has 0 saturated carbocycles. The molecule has 0 heterocycles. The first-order chi connectivity index (χ1) is 16.8. The van der Waals surface area contributed by atoms with Crippen molar-refractivity contribution in [2.45, 2.75) is 76.8 Å². The van der Waals surface area contributed by atoms with Crippen molar-refractivity contribution in [1.82, 2.24) is 10.6 Å². The largest absolute Gasteiger partial charge is 0.481 e. The van der Waals surface area contributed by atoms with Gasteiger partial charge in [-0.25, -0.2) is 4.79 Å². The number of carbonyl (C=O) groups excluding carboxylic acids is 2. The van der Waals surface area contributed by atoms with Crippen molar-refractivity contribution in [3.8, 4) is 11.1 Å². The quantitative estimate of drug-likeness (QED) is 0.386. The van der Waals surface area contributed by atoms with Gasteiger partial charge in [0.05, 0.1) is 6.42 Å². The van der Waals surface area contributed by atoms with Gasteiger partial charge >= 0.3 is 12.1 Å². The predicted octanol–water partition coefficient (Wildman–Crippen LogP) is 5.23. The minimum atomic E-state index is -1.18. The van der Waals surface area contributed by atoms with Crippen LogP contribution in [-0.2, 0) is 14.3 Å². The van der Waals surface area contributed by atoms with Gasteiger partial charge in [-0.3, -0.25) is 9.59 Å². The summed E-state index contributed by atoms with van der Waals surface area (Å²) < 4.78 is 5.66. The summed E-state index contributed by atoms with van der Waals surface area (Å²) in [6.45, 7) is 5.82. The Morgan fingerprint density at radius 2 is 1.54 bits per heavy atom. The Bertz CT molecular complexity index is 1000. The van der Waals surface area contributed by atoms with E-state index in [1.54, 1.807) is 0 Å². The molecule has 0 saturated heterocycles. The Labute approximate surface area is 207 Å². The first-order valence-electron chi connectivity index (χ1n) is 12.5. The highest BCUT2D eigenvalue weighted by atomic mass is 16.5. The molecular weight excluding hydrogens is 444 g/mol. The minimum absolute atomic E-state index is 0.0754. The summed E-state index contributed by atoms with van der Waals surface area (Å²) in [7, 11) is 0. The second kappa shape index (κ2) is 11.9. The van der Waals surface area contributed by atoms with Crippen molar-refractivity contribution < 1.29 is 24.2 Å². The lowest BCUT2D eigenvalue weighted by Crippen LogP contribution is -2.60. The van der Waals surface area contributed by atoms with Crippen molar-refractivity contribution in [3.05, 3.63) is 59.7 Å². The minimum Gasteiger partial charge on any atom is -0.481 e. The molecule has 0 aromatic heterocycles. The van der Waals surface area contributed by atoms with E-state index in [4.69, 9.17) is 4.74 Å². The highest BCUT2D eigenvalue weighted by Gasteiger charge is 2.38. The van der Waals surface area contributed by atoms with E-state index in [0.29, 0.717) is 19.3 Å². The van der Waals surface area contributed by atoms with Gasteiger partial charge < -0.3 is 20.5 Å². The van der Waals surface area contributed by atoms with E-state index in [1.807, 2.05) is 45.0 Å². The van der Waals surface area contributed by atoms with Gasteiger partial charge in [0.25, 0.3) is 0 Å². The highest BCUT2D eigenvalue weighted by Crippen LogP contribution is 2.44. The molecule has 0 radical (unpaired) electrons. The highest BCUT2D eigenvalue weighted by molar-refractivity contribution is 5.90. The van der Waals surface area contributed by atoms with Crippen LogP contribution < -0.4 is 10.6 Å². The Hall–Kier alpha value is -3.35. The van der Waals surface area contributed by atoms with Crippen molar-refractivity contribution in [3.63, 3.8) is 0 Å². The number of alkyl carbamates (subject to hydrolysis) is 1. The lowest BCUT2D eigenvalue weighted by Gasteiger charge is -2.33. The number of unbranched alkanes of at least 4 members (excludes halogenated alkanes) is 1. The summed E-state index contributed by atoms with van der Waals surface area (Å²) in [5.41, 5.74) is 3.34. The van der Waals surface area contributed by atoms with Crippen LogP contribution >= 0.6 is 0 Å². The second-order valence-corrected chi connectivity index (χ2v) is 9.15. The van der Waals surface area contributed by atoms with Gasteiger partial charge in [-0.05, 0) is 41.5 Å². The summed E-state index contributed by atoms with van der Waals surface area (Å²) in [6, 6.07) is 15.7. The molecule has 0 bridgehead atoms. The monoisotopic (exact) mass is 480 g/mol. The maximum Gasteiger partial charge on any atom is 0.408 e. The molecular formula is C28H36N2O5. The summed E-state index contributed by atoms with van der Waals surface area (Å²) >= 11 is 0. The van der Waals surface area contributed by atoms with Gasteiger partial charge in [-0.15, -0.1) is 0 Å². The van der Waals surface area contributed by atoms with E-state index in [9.17, 15) is 19.5 Å². The van der Waals surface area contributed by atoms with Gasteiger partial charge in [0.2, 0.25) is 5.91 Å². The molecule has 1 aliphatic carbocycles.